The van der Waals surface area contributed by atoms with Crippen molar-refractivity contribution in [1.82, 2.24) is 5.32 Å². The van der Waals surface area contributed by atoms with Gasteiger partial charge in [-0.25, -0.2) is 0 Å². The van der Waals surface area contributed by atoms with Crippen LogP contribution in [0.15, 0.2) is 30.3 Å². The molecule has 3 N–H and O–H groups in total. The minimum absolute atomic E-state index is 0.00289. The van der Waals surface area contributed by atoms with Gasteiger partial charge in [0.25, 0.3) is 0 Å². The number of benzene rings is 1. The van der Waals surface area contributed by atoms with Gasteiger partial charge in [-0.1, -0.05) is 131 Å². The number of rotatable bonds is 19. The van der Waals surface area contributed by atoms with E-state index in [0.717, 1.165) is 38.5 Å². The summed E-state index contributed by atoms with van der Waals surface area (Å²) in [5.74, 6) is 0.995. The van der Waals surface area contributed by atoms with Gasteiger partial charge >= 0.3 is 0 Å². The van der Waals surface area contributed by atoms with Crippen LogP contribution in [-0.4, -0.2) is 63.2 Å². The Morgan fingerprint density at radius 2 is 1.30 bits per heavy atom. The monoisotopic (exact) mass is 732 g/mol. The van der Waals surface area contributed by atoms with E-state index in [1.54, 1.807) is 0 Å². The maximum atomic E-state index is 14.7. The zero-order valence-electron chi connectivity index (χ0n) is 34.2. The predicted molar refractivity (Wildman–Crippen MR) is 214 cm³/mol. The molecule has 2 aliphatic rings. The first kappa shape index (κ1) is 43.4. The highest BCUT2D eigenvalue weighted by atomic mass is 28.4. The first-order chi connectivity index (χ1) is 23.1. The van der Waals surface area contributed by atoms with Crippen molar-refractivity contribution >= 4 is 22.5 Å². The van der Waals surface area contributed by atoms with Crippen molar-refractivity contribution in [3.63, 3.8) is 0 Å². The molecular weight excluding hydrogens is 655 g/mol. The van der Waals surface area contributed by atoms with Gasteiger partial charge in [-0.2, -0.15) is 0 Å². The summed E-state index contributed by atoms with van der Waals surface area (Å²) < 4.78 is 14.7. The summed E-state index contributed by atoms with van der Waals surface area (Å²) >= 11 is 0. The molecule has 0 unspecified atom stereocenters. The second-order valence-corrected chi connectivity index (χ2v) is 29.2. The fourth-order valence-corrected chi connectivity index (χ4v) is 9.79. The van der Waals surface area contributed by atoms with Gasteiger partial charge in [0.2, 0.25) is 5.91 Å². The van der Waals surface area contributed by atoms with E-state index in [0.29, 0.717) is 31.1 Å². The van der Waals surface area contributed by atoms with Crippen molar-refractivity contribution in [2.75, 3.05) is 0 Å². The number of carbonyl (C=O) groups excluding carboxylic acids is 1. The lowest BCUT2D eigenvalue weighted by Crippen LogP contribution is -2.54. The summed E-state index contributed by atoms with van der Waals surface area (Å²) in [6, 6.07) is 10.1. The van der Waals surface area contributed by atoms with Crippen molar-refractivity contribution in [2.45, 2.75) is 199 Å². The minimum Gasteiger partial charge on any atom is -0.411 e. The molecule has 3 rings (SSSR count). The van der Waals surface area contributed by atoms with Crippen LogP contribution in [0, 0.1) is 23.7 Å². The van der Waals surface area contributed by atoms with Crippen LogP contribution < -0.4 is 5.32 Å². The van der Waals surface area contributed by atoms with Gasteiger partial charge in [0, 0.05) is 5.92 Å². The number of aliphatic hydroxyl groups excluding tert-OH is 2. The molecule has 0 saturated heterocycles. The average Bonchev–Trinajstić information content (AvgIpc) is 3.83. The van der Waals surface area contributed by atoms with Crippen LogP contribution in [0.3, 0.4) is 0 Å². The molecule has 0 aliphatic heterocycles. The smallest absolute Gasteiger partial charge is 0.223 e. The third-order valence-electron chi connectivity index (χ3n) is 12.6. The highest BCUT2D eigenvalue weighted by Crippen LogP contribution is 2.43. The van der Waals surface area contributed by atoms with Crippen LogP contribution in [-0.2, 0) is 20.1 Å². The Labute approximate surface area is 309 Å². The number of hydrogen-bond acceptors (Lipinski definition) is 5. The fourth-order valence-electron chi connectivity index (χ4n) is 7.09. The Kier molecular flexibility index (Phi) is 15.9. The van der Waals surface area contributed by atoms with Crippen LogP contribution in [0.2, 0.25) is 36.3 Å². The molecule has 6 atom stereocenters. The van der Waals surface area contributed by atoms with Gasteiger partial charge in [-0.3, -0.25) is 4.79 Å². The summed E-state index contributed by atoms with van der Waals surface area (Å²) in [5.41, 5.74) is 1.22. The van der Waals surface area contributed by atoms with Crippen LogP contribution in [0.4, 0.5) is 0 Å². The normalized spacial score (nSPS) is 20.6. The molecule has 0 spiro atoms. The Morgan fingerprint density at radius 1 is 0.780 bits per heavy atom. The molecule has 1 aromatic rings. The van der Waals surface area contributed by atoms with Gasteiger partial charge in [-0.15, -0.1) is 0 Å². The van der Waals surface area contributed by atoms with Crippen molar-refractivity contribution in [1.29, 1.82) is 0 Å². The lowest BCUT2D eigenvalue weighted by atomic mass is 9.82. The van der Waals surface area contributed by atoms with E-state index in [2.05, 4.69) is 117 Å². The minimum atomic E-state index is -2.27. The Morgan fingerprint density at radius 3 is 1.80 bits per heavy atom. The Balaban J connectivity index is 2.01. The molecule has 1 aromatic carbocycles. The Hall–Kier alpha value is -1.04. The predicted octanol–water partition coefficient (Wildman–Crippen LogP) is 10.0. The SMILES string of the molecule is CC(C)C[C@H](O)[C@H](O)[C@H](CC1CCCCC1)NC(=O)[C@H](CC1CC1)C[C@@H](O[Si](C)(C)C(C)(C)C)[C@H](Cc1ccccc1)O[Si](C)(C)C(C)(C)C. The van der Waals surface area contributed by atoms with Crippen molar-refractivity contribution < 1.29 is 23.9 Å². The van der Waals surface area contributed by atoms with E-state index < -0.39 is 34.9 Å². The molecule has 2 fully saturated rings. The zero-order chi connectivity index (χ0) is 37.5. The van der Waals surface area contributed by atoms with Gasteiger partial charge in [-0.05, 0) is 91.7 Å². The summed E-state index contributed by atoms with van der Waals surface area (Å²) in [5, 5.41) is 26.1. The highest BCUT2D eigenvalue weighted by Gasteiger charge is 2.46. The van der Waals surface area contributed by atoms with E-state index in [-0.39, 0.29) is 40.0 Å². The molecule has 0 heterocycles. The molecule has 0 bridgehead atoms. The first-order valence-corrected chi connectivity index (χ1v) is 26.0. The summed E-state index contributed by atoms with van der Waals surface area (Å²) in [4.78, 5) is 14.7. The molecule has 50 heavy (non-hydrogen) atoms. The first-order valence-electron chi connectivity index (χ1n) is 20.2. The fraction of sp³-hybridized carbons (Fsp3) is 0.833. The van der Waals surface area contributed by atoms with Crippen molar-refractivity contribution in [3.8, 4) is 0 Å². The van der Waals surface area contributed by atoms with Gasteiger partial charge in [0.05, 0.1) is 24.4 Å². The van der Waals surface area contributed by atoms with Crippen LogP contribution in [0.5, 0.6) is 0 Å². The topological polar surface area (TPSA) is 88.0 Å². The quantitative estimate of drug-likeness (QED) is 0.123. The maximum Gasteiger partial charge on any atom is 0.223 e. The lowest BCUT2D eigenvalue weighted by Gasteiger charge is -2.46. The van der Waals surface area contributed by atoms with E-state index in [9.17, 15) is 15.0 Å². The molecule has 2 aliphatic carbocycles. The van der Waals surface area contributed by atoms with Gasteiger partial charge in [0.15, 0.2) is 16.6 Å². The zero-order valence-corrected chi connectivity index (χ0v) is 36.2. The average molecular weight is 732 g/mol. The summed E-state index contributed by atoms with van der Waals surface area (Å²) in [7, 11) is -4.50. The van der Waals surface area contributed by atoms with Crippen molar-refractivity contribution in [3.05, 3.63) is 35.9 Å². The van der Waals surface area contributed by atoms with Crippen molar-refractivity contribution in [2.24, 2.45) is 23.7 Å². The largest absolute Gasteiger partial charge is 0.411 e. The van der Waals surface area contributed by atoms with E-state index >= 15 is 0 Å². The number of amides is 1. The second kappa shape index (κ2) is 18.3. The summed E-state index contributed by atoms with van der Waals surface area (Å²) in [6.45, 7) is 27.1. The van der Waals surface area contributed by atoms with E-state index in [4.69, 9.17) is 8.85 Å². The standard InChI is InChI=1S/C42H77NO5Si2/c1-30(2)25-36(44)39(45)35(27-31-19-15-13-16-20-31)43-40(46)34(26-33-23-24-33)29-38(48-50(11,12)42(6,7)8)37(28-32-21-17-14-18-22-32)47-49(9,10)41(3,4)5/h14,17-18,21-22,30-31,33-39,44-45H,13,15-16,19-20,23-29H2,1-12H3,(H,43,46)/t34-,35+,36+,37+,38-,39-/m1/s1. The van der Waals surface area contributed by atoms with Crippen LogP contribution >= 0.6 is 0 Å². The molecule has 8 heteroatoms. The van der Waals surface area contributed by atoms with Gasteiger partial charge in [0.1, 0.15) is 6.10 Å². The third-order valence-corrected chi connectivity index (χ3v) is 21.6. The Bertz CT molecular complexity index is 1150. The highest BCUT2D eigenvalue weighted by molar-refractivity contribution is 6.74. The number of hydrogen-bond donors (Lipinski definition) is 3. The molecular formula is C42H77NO5Si2. The number of nitrogens with one attached hydrogen (secondary N) is 1. The number of aliphatic hydroxyl groups is 2. The maximum absolute atomic E-state index is 14.7. The molecule has 6 nitrogen and oxygen atoms in total. The summed E-state index contributed by atoms with van der Waals surface area (Å²) in [6.07, 6.45) is 9.28. The van der Waals surface area contributed by atoms with E-state index in [1.807, 2.05) is 0 Å². The number of carbonyl (C=O) groups is 1. The second-order valence-electron chi connectivity index (χ2n) is 19.7. The van der Waals surface area contributed by atoms with Gasteiger partial charge < -0.3 is 24.4 Å². The molecule has 1 amide bonds. The molecule has 0 aromatic heterocycles. The molecule has 288 valence electrons. The lowest BCUT2D eigenvalue weighted by molar-refractivity contribution is -0.129. The van der Waals surface area contributed by atoms with Crippen LogP contribution in [0.1, 0.15) is 132 Å². The van der Waals surface area contributed by atoms with E-state index in [1.165, 1.54) is 24.8 Å². The molecule has 0 radical (unpaired) electrons. The molecule has 2 saturated carbocycles. The third kappa shape index (κ3) is 13.4. The van der Waals surface area contributed by atoms with Crippen LogP contribution in [0.25, 0.3) is 0 Å².